The van der Waals surface area contributed by atoms with Gasteiger partial charge in [0.25, 0.3) is 11.8 Å². The van der Waals surface area contributed by atoms with Gasteiger partial charge < -0.3 is 16.0 Å². The molecular formula is C30H22Cl2FN3O3S. The van der Waals surface area contributed by atoms with Crippen LogP contribution >= 0.6 is 35.0 Å². The van der Waals surface area contributed by atoms with Gasteiger partial charge in [0.05, 0.1) is 15.8 Å². The first-order valence-corrected chi connectivity index (χ1v) is 13.6. The van der Waals surface area contributed by atoms with Gasteiger partial charge in [0.2, 0.25) is 5.91 Å². The molecule has 0 saturated heterocycles. The quantitative estimate of drug-likeness (QED) is 0.141. The monoisotopic (exact) mass is 593 g/mol. The summed E-state index contributed by atoms with van der Waals surface area (Å²) < 4.78 is 13.1. The third-order valence-electron chi connectivity index (χ3n) is 5.40. The summed E-state index contributed by atoms with van der Waals surface area (Å²) in [4.78, 5) is 39.2. The van der Waals surface area contributed by atoms with Crippen LogP contribution in [-0.4, -0.2) is 23.5 Å². The number of halogens is 3. The smallest absolute Gasteiger partial charge is 0.272 e. The Bertz CT molecular complexity index is 1560. The molecule has 0 heterocycles. The molecular weight excluding hydrogens is 572 g/mol. The molecule has 0 aliphatic rings. The van der Waals surface area contributed by atoms with Crippen LogP contribution < -0.4 is 16.0 Å². The second-order valence-electron chi connectivity index (χ2n) is 8.35. The Labute approximate surface area is 244 Å². The van der Waals surface area contributed by atoms with E-state index in [4.69, 9.17) is 23.2 Å². The SMILES string of the molecule is O=C(CSc1cccc(NC(=O)/C(=C\c2cccc(Cl)c2Cl)NC(=O)c2ccccc2)c1)Nc1ccc(F)cc1. The highest BCUT2D eigenvalue weighted by molar-refractivity contribution is 8.00. The van der Waals surface area contributed by atoms with Crippen molar-refractivity contribution in [3.63, 3.8) is 0 Å². The number of hydrogen-bond acceptors (Lipinski definition) is 4. The van der Waals surface area contributed by atoms with Crippen LogP contribution in [0.1, 0.15) is 15.9 Å². The summed E-state index contributed by atoms with van der Waals surface area (Å²) in [5.74, 6) is -1.62. The van der Waals surface area contributed by atoms with E-state index in [9.17, 15) is 18.8 Å². The van der Waals surface area contributed by atoms with E-state index in [1.807, 2.05) is 0 Å². The van der Waals surface area contributed by atoms with Gasteiger partial charge in [-0.05, 0) is 72.3 Å². The summed E-state index contributed by atoms with van der Waals surface area (Å²) in [6.07, 6.45) is 1.45. The normalized spacial score (nSPS) is 11.0. The van der Waals surface area contributed by atoms with E-state index >= 15 is 0 Å². The molecule has 4 aromatic carbocycles. The first-order valence-electron chi connectivity index (χ1n) is 11.9. The number of nitrogens with one attached hydrogen (secondary N) is 3. The largest absolute Gasteiger partial charge is 0.325 e. The van der Waals surface area contributed by atoms with Gasteiger partial charge in [-0.15, -0.1) is 11.8 Å². The highest BCUT2D eigenvalue weighted by Crippen LogP contribution is 2.27. The zero-order valence-electron chi connectivity index (χ0n) is 20.8. The third-order valence-corrected chi connectivity index (χ3v) is 7.23. The Kier molecular flexibility index (Phi) is 9.96. The summed E-state index contributed by atoms with van der Waals surface area (Å²) >= 11 is 13.7. The van der Waals surface area contributed by atoms with Gasteiger partial charge in [0.1, 0.15) is 11.5 Å². The number of hydrogen-bond donors (Lipinski definition) is 3. The lowest BCUT2D eigenvalue weighted by atomic mass is 10.1. The van der Waals surface area contributed by atoms with Gasteiger partial charge in [-0.2, -0.15) is 0 Å². The second-order valence-corrected chi connectivity index (χ2v) is 10.2. The highest BCUT2D eigenvalue weighted by atomic mass is 35.5. The Morgan fingerprint density at radius 1 is 0.800 bits per heavy atom. The molecule has 0 aliphatic heterocycles. The fourth-order valence-electron chi connectivity index (χ4n) is 3.47. The molecule has 6 nitrogen and oxygen atoms in total. The van der Waals surface area contributed by atoms with Crippen molar-refractivity contribution in [2.24, 2.45) is 0 Å². The first kappa shape index (κ1) is 28.9. The molecule has 4 aromatic rings. The van der Waals surface area contributed by atoms with E-state index in [1.54, 1.807) is 72.8 Å². The van der Waals surface area contributed by atoms with E-state index in [-0.39, 0.29) is 28.2 Å². The Balaban J connectivity index is 1.47. The van der Waals surface area contributed by atoms with Crippen LogP contribution in [0.25, 0.3) is 6.08 Å². The van der Waals surface area contributed by atoms with E-state index in [1.165, 1.54) is 42.1 Å². The average molecular weight is 594 g/mol. The number of anilines is 2. The van der Waals surface area contributed by atoms with Crippen molar-refractivity contribution < 1.29 is 18.8 Å². The maximum atomic E-state index is 13.3. The van der Waals surface area contributed by atoms with Gasteiger partial charge in [-0.3, -0.25) is 14.4 Å². The summed E-state index contributed by atoms with van der Waals surface area (Å²) in [5, 5.41) is 8.68. The van der Waals surface area contributed by atoms with Crippen molar-refractivity contribution in [2.75, 3.05) is 16.4 Å². The molecule has 0 atom stereocenters. The minimum Gasteiger partial charge on any atom is -0.325 e. The van der Waals surface area contributed by atoms with Crippen molar-refractivity contribution in [3.8, 4) is 0 Å². The molecule has 0 bridgehead atoms. The van der Waals surface area contributed by atoms with E-state index in [0.29, 0.717) is 27.5 Å². The van der Waals surface area contributed by atoms with Gasteiger partial charge in [-0.1, -0.05) is 59.6 Å². The first-order chi connectivity index (χ1) is 19.3. The van der Waals surface area contributed by atoms with Crippen LogP contribution in [0.5, 0.6) is 0 Å². The van der Waals surface area contributed by atoms with Crippen LogP contribution in [0.4, 0.5) is 15.8 Å². The zero-order valence-corrected chi connectivity index (χ0v) is 23.1. The number of thioether (sulfide) groups is 1. The van der Waals surface area contributed by atoms with Crippen molar-refractivity contribution in [1.82, 2.24) is 5.32 Å². The number of benzene rings is 4. The molecule has 0 spiro atoms. The summed E-state index contributed by atoms with van der Waals surface area (Å²) in [6.45, 7) is 0. The van der Waals surface area contributed by atoms with Crippen LogP contribution in [0, 0.1) is 5.82 Å². The van der Waals surface area contributed by atoms with Crippen molar-refractivity contribution >= 4 is 70.1 Å². The van der Waals surface area contributed by atoms with E-state index in [0.717, 1.165) is 4.90 Å². The maximum Gasteiger partial charge on any atom is 0.272 e. The predicted octanol–water partition coefficient (Wildman–Crippen LogP) is 7.27. The number of carbonyl (C=O) groups excluding carboxylic acids is 3. The van der Waals surface area contributed by atoms with Crippen molar-refractivity contribution in [3.05, 3.63) is 130 Å². The predicted molar refractivity (Wildman–Crippen MR) is 159 cm³/mol. The molecule has 0 radical (unpaired) electrons. The maximum absolute atomic E-state index is 13.3. The molecule has 3 amide bonds. The Hall–Kier alpha value is -4.11. The van der Waals surface area contributed by atoms with Crippen molar-refractivity contribution in [1.29, 1.82) is 0 Å². The molecule has 0 aliphatic carbocycles. The molecule has 0 aromatic heterocycles. The molecule has 10 heteroatoms. The lowest BCUT2D eigenvalue weighted by Gasteiger charge is -2.13. The topological polar surface area (TPSA) is 87.3 Å². The third kappa shape index (κ3) is 8.19. The summed E-state index contributed by atoms with van der Waals surface area (Å²) in [7, 11) is 0. The molecule has 40 heavy (non-hydrogen) atoms. The lowest BCUT2D eigenvalue weighted by molar-refractivity contribution is -0.114. The Morgan fingerprint density at radius 2 is 1.52 bits per heavy atom. The average Bonchev–Trinajstić information content (AvgIpc) is 2.96. The fraction of sp³-hybridized carbons (Fsp3) is 0.0333. The number of carbonyl (C=O) groups is 3. The fourth-order valence-corrected chi connectivity index (χ4v) is 4.59. The second kappa shape index (κ2) is 13.8. The molecule has 4 rings (SSSR count). The molecule has 0 fully saturated rings. The van der Waals surface area contributed by atoms with Crippen LogP contribution in [0.3, 0.4) is 0 Å². The molecule has 3 N–H and O–H groups in total. The number of amides is 3. The minimum atomic E-state index is -0.587. The molecule has 202 valence electrons. The van der Waals surface area contributed by atoms with Gasteiger partial charge in [0, 0.05) is 21.8 Å². The highest BCUT2D eigenvalue weighted by Gasteiger charge is 2.16. The molecule has 0 unspecified atom stereocenters. The Morgan fingerprint density at radius 3 is 2.27 bits per heavy atom. The van der Waals surface area contributed by atoms with Crippen LogP contribution in [0.2, 0.25) is 10.0 Å². The summed E-state index contributed by atoms with van der Waals surface area (Å²) in [5.41, 5.74) is 1.71. The van der Waals surface area contributed by atoms with Crippen molar-refractivity contribution in [2.45, 2.75) is 4.90 Å². The van der Waals surface area contributed by atoms with E-state index < -0.39 is 11.8 Å². The minimum absolute atomic E-state index is 0.0465. The summed E-state index contributed by atoms with van der Waals surface area (Å²) in [6, 6.07) is 25.8. The number of rotatable bonds is 9. The molecule has 0 saturated carbocycles. The van der Waals surface area contributed by atoms with Gasteiger partial charge in [0.15, 0.2) is 0 Å². The van der Waals surface area contributed by atoms with E-state index in [2.05, 4.69) is 16.0 Å². The van der Waals surface area contributed by atoms with Gasteiger partial charge >= 0.3 is 0 Å². The van der Waals surface area contributed by atoms with Crippen LogP contribution in [0.15, 0.2) is 108 Å². The van der Waals surface area contributed by atoms with Crippen LogP contribution in [-0.2, 0) is 9.59 Å². The standard InChI is InChI=1S/C30H22Cl2FN3O3S/c31-25-11-4-8-20(28(25)32)16-26(36-29(38)19-6-2-1-3-7-19)30(39)35-23-9-5-10-24(17-23)40-18-27(37)34-22-14-12-21(33)13-15-22/h1-17H,18H2,(H,34,37)(H,35,39)(H,36,38)/b26-16+. The lowest BCUT2D eigenvalue weighted by Crippen LogP contribution is -2.30. The zero-order chi connectivity index (χ0) is 28.5. The van der Waals surface area contributed by atoms with Gasteiger partial charge in [-0.25, -0.2) is 4.39 Å².